The Hall–Kier alpha value is -3.64. The first-order chi connectivity index (χ1) is 17.0. The Bertz CT molecular complexity index is 1150. The molecule has 1 N–H and O–H groups in total. The lowest BCUT2D eigenvalue weighted by molar-refractivity contribution is -0.120. The molecule has 1 saturated carbocycles. The second-order valence-electron chi connectivity index (χ2n) is 9.67. The maximum absolute atomic E-state index is 12.9. The van der Waals surface area contributed by atoms with Crippen LogP contribution in [0.4, 0.5) is 10.6 Å². The van der Waals surface area contributed by atoms with Crippen molar-refractivity contribution in [2.24, 2.45) is 0 Å². The van der Waals surface area contributed by atoms with E-state index < -0.39 is 23.6 Å². The maximum Gasteiger partial charge on any atom is 0.410 e. The number of hydrogen-bond donors (Lipinski definition) is 1. The highest BCUT2D eigenvalue weighted by Gasteiger charge is 2.31. The van der Waals surface area contributed by atoms with Crippen LogP contribution in [0, 0.1) is 12.3 Å². The van der Waals surface area contributed by atoms with Crippen LogP contribution in [0.3, 0.4) is 0 Å². The van der Waals surface area contributed by atoms with Crippen LogP contribution >= 0.6 is 0 Å². The average Bonchev–Trinajstić information content (AvgIpc) is 3.67. The molecule has 1 aromatic heterocycles. The summed E-state index contributed by atoms with van der Waals surface area (Å²) in [6, 6.07) is 6.52. The first kappa shape index (κ1) is 27.0. The summed E-state index contributed by atoms with van der Waals surface area (Å²) in [6.07, 6.45) is 7.02. The Morgan fingerprint density at radius 2 is 1.97 bits per heavy atom. The molecule has 1 aliphatic rings. The molecule has 1 heterocycles. The number of anilines is 1. The lowest BCUT2D eigenvalue weighted by atomic mass is 10.0. The number of nitrogens with zero attached hydrogens (tertiary/aromatic N) is 3. The zero-order valence-corrected chi connectivity index (χ0v) is 21.8. The SMILES string of the molecule is C#Cc1ccc(-c2nnc(NC(=O)C(C)N(C)C(=O)OC(C)(C)C)cc2C2CC2)c(OCOCC)c1. The van der Waals surface area contributed by atoms with Crippen LogP contribution in [0.5, 0.6) is 5.75 Å². The second kappa shape index (κ2) is 11.4. The van der Waals surface area contributed by atoms with Crippen molar-refractivity contribution in [2.75, 3.05) is 25.8 Å². The number of rotatable bonds is 9. The summed E-state index contributed by atoms with van der Waals surface area (Å²) >= 11 is 0. The van der Waals surface area contributed by atoms with Gasteiger partial charge in [0.15, 0.2) is 12.6 Å². The van der Waals surface area contributed by atoms with E-state index in [0.717, 1.165) is 24.0 Å². The van der Waals surface area contributed by atoms with Gasteiger partial charge in [-0.3, -0.25) is 9.69 Å². The van der Waals surface area contributed by atoms with E-state index in [1.54, 1.807) is 33.8 Å². The van der Waals surface area contributed by atoms with Gasteiger partial charge >= 0.3 is 6.09 Å². The van der Waals surface area contributed by atoms with Crippen LogP contribution in [0.15, 0.2) is 24.3 Å². The van der Waals surface area contributed by atoms with Gasteiger partial charge in [0, 0.05) is 24.8 Å². The number of nitrogens with one attached hydrogen (secondary N) is 1. The van der Waals surface area contributed by atoms with Crippen molar-refractivity contribution in [2.45, 2.75) is 65.0 Å². The van der Waals surface area contributed by atoms with Crippen molar-refractivity contribution in [1.82, 2.24) is 15.1 Å². The molecule has 1 unspecified atom stereocenters. The number of ether oxygens (including phenoxy) is 3. The van der Waals surface area contributed by atoms with E-state index in [1.165, 1.54) is 11.9 Å². The summed E-state index contributed by atoms with van der Waals surface area (Å²) in [5.74, 6) is 3.39. The molecule has 1 aromatic carbocycles. The summed E-state index contributed by atoms with van der Waals surface area (Å²) < 4.78 is 16.5. The Kier molecular flexibility index (Phi) is 8.53. The highest BCUT2D eigenvalue weighted by molar-refractivity contribution is 5.95. The van der Waals surface area contributed by atoms with Crippen LogP contribution in [-0.2, 0) is 14.3 Å². The Balaban J connectivity index is 1.84. The fourth-order valence-electron chi connectivity index (χ4n) is 3.40. The van der Waals surface area contributed by atoms with Gasteiger partial charge in [-0.1, -0.05) is 5.92 Å². The molecule has 192 valence electrons. The van der Waals surface area contributed by atoms with Crippen LogP contribution in [0.25, 0.3) is 11.3 Å². The molecule has 0 aliphatic heterocycles. The van der Waals surface area contributed by atoms with E-state index in [-0.39, 0.29) is 6.79 Å². The van der Waals surface area contributed by atoms with Gasteiger partial charge in [0.2, 0.25) is 5.91 Å². The molecule has 3 rings (SSSR count). The second-order valence-corrected chi connectivity index (χ2v) is 9.67. The fraction of sp³-hybridized carbons (Fsp3) is 0.481. The van der Waals surface area contributed by atoms with Crippen molar-refractivity contribution in [3.8, 4) is 29.4 Å². The minimum atomic E-state index is -0.777. The lowest BCUT2D eigenvalue weighted by Gasteiger charge is -2.28. The maximum atomic E-state index is 12.9. The van der Waals surface area contributed by atoms with E-state index in [9.17, 15) is 9.59 Å². The number of aromatic nitrogens is 2. The predicted octanol–water partition coefficient (Wildman–Crippen LogP) is 4.57. The molecule has 0 saturated heterocycles. The van der Waals surface area contributed by atoms with Crippen molar-refractivity contribution >= 4 is 17.8 Å². The lowest BCUT2D eigenvalue weighted by Crippen LogP contribution is -2.45. The quantitative estimate of drug-likeness (QED) is 0.309. The normalized spacial score (nSPS) is 13.9. The Labute approximate surface area is 212 Å². The van der Waals surface area contributed by atoms with Crippen molar-refractivity contribution in [1.29, 1.82) is 0 Å². The van der Waals surface area contributed by atoms with Gasteiger partial charge < -0.3 is 19.5 Å². The first-order valence-electron chi connectivity index (χ1n) is 12.0. The summed E-state index contributed by atoms with van der Waals surface area (Å²) in [6.45, 7) is 9.43. The highest BCUT2D eigenvalue weighted by Crippen LogP contribution is 2.45. The summed E-state index contributed by atoms with van der Waals surface area (Å²) in [5, 5.41) is 11.5. The molecule has 0 radical (unpaired) electrons. The van der Waals surface area contributed by atoms with Crippen LogP contribution in [-0.4, -0.2) is 59.2 Å². The number of terminal acetylenes is 1. The molecule has 2 amide bonds. The summed E-state index contributed by atoms with van der Waals surface area (Å²) in [4.78, 5) is 26.5. The number of hydrogen-bond acceptors (Lipinski definition) is 7. The smallest absolute Gasteiger partial charge is 0.410 e. The topological polar surface area (TPSA) is 103 Å². The van der Waals surface area contributed by atoms with E-state index in [0.29, 0.717) is 35.3 Å². The average molecular weight is 495 g/mol. The van der Waals surface area contributed by atoms with Gasteiger partial charge in [-0.15, -0.1) is 16.6 Å². The van der Waals surface area contributed by atoms with Gasteiger partial charge in [0.05, 0.1) is 0 Å². The standard InChI is InChI=1S/C27H34N4O5/c1-8-18-10-13-20(22(14-18)35-16-34-9-2)24-21(19-11-12-19)15-23(29-30-24)28-25(32)17(3)31(7)26(33)36-27(4,5)6/h1,10,13-15,17,19H,9,11-12,16H2,2-7H3,(H,28,29,32). The van der Waals surface area contributed by atoms with Crippen LogP contribution in [0.2, 0.25) is 0 Å². The van der Waals surface area contributed by atoms with E-state index >= 15 is 0 Å². The van der Waals surface area contributed by atoms with Gasteiger partial charge in [0.1, 0.15) is 23.1 Å². The minimum absolute atomic E-state index is 0.0842. The molecule has 36 heavy (non-hydrogen) atoms. The number of carbonyl (C=O) groups is 2. The van der Waals surface area contributed by atoms with Gasteiger partial charge in [-0.2, -0.15) is 0 Å². The molecule has 1 fully saturated rings. The number of likely N-dealkylation sites (N-methyl/N-ethyl adjacent to an activating group) is 1. The molecule has 9 heteroatoms. The van der Waals surface area contributed by atoms with Crippen LogP contribution in [0.1, 0.15) is 64.5 Å². The molecule has 9 nitrogen and oxygen atoms in total. The number of carbonyl (C=O) groups excluding carboxylic acids is 2. The third kappa shape index (κ3) is 6.95. The zero-order valence-electron chi connectivity index (χ0n) is 21.8. The van der Waals surface area contributed by atoms with Crippen molar-refractivity contribution in [3.05, 3.63) is 35.4 Å². The Morgan fingerprint density at radius 3 is 2.58 bits per heavy atom. The fourth-order valence-corrected chi connectivity index (χ4v) is 3.40. The predicted molar refractivity (Wildman–Crippen MR) is 137 cm³/mol. The first-order valence-corrected chi connectivity index (χ1v) is 12.0. The molecule has 0 bridgehead atoms. The highest BCUT2D eigenvalue weighted by atomic mass is 16.7. The van der Waals surface area contributed by atoms with Crippen molar-refractivity contribution < 1.29 is 23.8 Å². The molecular weight excluding hydrogens is 460 g/mol. The van der Waals surface area contributed by atoms with Crippen molar-refractivity contribution in [3.63, 3.8) is 0 Å². The third-order valence-electron chi connectivity index (χ3n) is 5.64. The summed E-state index contributed by atoms with van der Waals surface area (Å²) in [5.41, 5.74) is 2.40. The molecule has 1 aliphatic carbocycles. The van der Waals surface area contributed by atoms with Crippen LogP contribution < -0.4 is 10.1 Å². The zero-order chi connectivity index (χ0) is 26.5. The van der Waals surface area contributed by atoms with Gasteiger partial charge in [0.25, 0.3) is 0 Å². The van der Waals surface area contributed by atoms with Gasteiger partial charge in [-0.05, 0) is 83.2 Å². The summed E-state index contributed by atoms with van der Waals surface area (Å²) in [7, 11) is 1.52. The molecule has 0 spiro atoms. The molecule has 1 atom stereocenters. The largest absolute Gasteiger partial charge is 0.467 e. The monoisotopic (exact) mass is 494 g/mol. The number of amides is 2. The van der Waals surface area contributed by atoms with E-state index in [2.05, 4.69) is 21.4 Å². The molecular formula is C27H34N4O5. The Morgan fingerprint density at radius 1 is 1.25 bits per heavy atom. The minimum Gasteiger partial charge on any atom is -0.467 e. The number of benzene rings is 1. The van der Waals surface area contributed by atoms with E-state index in [1.807, 2.05) is 25.1 Å². The third-order valence-corrected chi connectivity index (χ3v) is 5.64. The van der Waals surface area contributed by atoms with Gasteiger partial charge in [-0.25, -0.2) is 4.79 Å². The molecule has 2 aromatic rings. The van der Waals surface area contributed by atoms with E-state index in [4.69, 9.17) is 20.6 Å².